The van der Waals surface area contributed by atoms with Crippen LogP contribution in [0, 0.1) is 5.82 Å². The fourth-order valence-electron chi connectivity index (χ4n) is 2.15. The number of aromatic hydroxyl groups is 1. The Bertz CT molecular complexity index is 429. The molecule has 0 heterocycles. The maximum Gasteiger partial charge on any atom is 0.260 e. The summed E-state index contributed by atoms with van der Waals surface area (Å²) in [6.07, 6.45) is 0. The molecule has 5 heteroatoms. The van der Waals surface area contributed by atoms with Crippen LogP contribution in [-0.2, 0) is 0 Å². The zero-order valence-corrected chi connectivity index (χ0v) is 11.9. The van der Waals surface area contributed by atoms with Crippen molar-refractivity contribution in [2.24, 2.45) is 0 Å². The van der Waals surface area contributed by atoms with E-state index in [-0.39, 0.29) is 17.4 Å². The van der Waals surface area contributed by atoms with E-state index in [0.29, 0.717) is 13.1 Å². The van der Waals surface area contributed by atoms with Crippen LogP contribution in [0.15, 0.2) is 18.2 Å². The number of nitrogens with zero attached hydrogens (tertiary/aromatic N) is 2. The second kappa shape index (κ2) is 6.52. The average Bonchev–Trinajstić information content (AvgIpc) is 2.28. The van der Waals surface area contributed by atoms with Crippen molar-refractivity contribution in [3.63, 3.8) is 0 Å². The fourth-order valence-corrected chi connectivity index (χ4v) is 2.15. The van der Waals surface area contributed by atoms with Crippen LogP contribution in [0.5, 0.6) is 5.75 Å². The maximum atomic E-state index is 13.7. The van der Waals surface area contributed by atoms with E-state index in [1.807, 2.05) is 32.8 Å². The van der Waals surface area contributed by atoms with Gasteiger partial charge in [-0.1, -0.05) is 6.07 Å². The van der Waals surface area contributed by atoms with Crippen molar-refractivity contribution in [3.8, 4) is 5.75 Å². The van der Waals surface area contributed by atoms with E-state index in [1.165, 1.54) is 18.2 Å². The molecule has 0 radical (unpaired) electrons. The molecule has 0 aromatic heterocycles. The van der Waals surface area contributed by atoms with Crippen LogP contribution in [0.2, 0.25) is 0 Å². The summed E-state index contributed by atoms with van der Waals surface area (Å²) in [6.45, 7) is 4.87. The Morgan fingerprint density at radius 1 is 1.42 bits per heavy atom. The van der Waals surface area contributed by atoms with Gasteiger partial charge in [0, 0.05) is 19.1 Å². The van der Waals surface area contributed by atoms with Gasteiger partial charge in [-0.3, -0.25) is 4.79 Å². The first kappa shape index (κ1) is 15.4. The minimum absolute atomic E-state index is 0.0634. The van der Waals surface area contributed by atoms with Crippen LogP contribution in [0.1, 0.15) is 24.2 Å². The Hall–Kier alpha value is -1.62. The average molecular weight is 268 g/mol. The lowest BCUT2D eigenvalue weighted by Gasteiger charge is -2.30. The topological polar surface area (TPSA) is 43.8 Å². The number of likely N-dealkylation sites (N-methyl/N-ethyl adjacent to an activating group) is 2. The molecule has 1 atom stereocenters. The van der Waals surface area contributed by atoms with Gasteiger partial charge in [-0.15, -0.1) is 0 Å². The minimum Gasteiger partial charge on any atom is -0.507 e. The van der Waals surface area contributed by atoms with Gasteiger partial charge in [0.1, 0.15) is 17.1 Å². The van der Waals surface area contributed by atoms with Crippen LogP contribution in [0.4, 0.5) is 4.39 Å². The summed E-state index contributed by atoms with van der Waals surface area (Å²) in [5.74, 6) is -1.49. The van der Waals surface area contributed by atoms with Crippen molar-refractivity contribution < 1.29 is 14.3 Å². The van der Waals surface area contributed by atoms with Gasteiger partial charge in [-0.25, -0.2) is 4.39 Å². The SMILES string of the molecule is CCN(C(=O)c1c(O)cccc1F)C(C)CN(C)C. The zero-order chi connectivity index (χ0) is 14.6. The molecule has 0 saturated heterocycles. The van der Waals surface area contributed by atoms with Gasteiger partial charge in [-0.05, 0) is 40.1 Å². The molecule has 1 amide bonds. The van der Waals surface area contributed by atoms with Gasteiger partial charge in [0.2, 0.25) is 0 Å². The number of rotatable bonds is 5. The monoisotopic (exact) mass is 268 g/mol. The predicted octanol–water partition coefficient (Wildman–Crippen LogP) is 1.94. The summed E-state index contributed by atoms with van der Waals surface area (Å²) in [5.41, 5.74) is -0.255. The quantitative estimate of drug-likeness (QED) is 0.887. The van der Waals surface area contributed by atoms with E-state index in [2.05, 4.69) is 0 Å². The predicted molar refractivity (Wildman–Crippen MR) is 72.8 cm³/mol. The van der Waals surface area contributed by atoms with E-state index >= 15 is 0 Å². The number of amides is 1. The summed E-state index contributed by atoms with van der Waals surface area (Å²) in [6, 6.07) is 3.81. The Morgan fingerprint density at radius 3 is 2.53 bits per heavy atom. The smallest absolute Gasteiger partial charge is 0.260 e. The van der Waals surface area contributed by atoms with Gasteiger partial charge >= 0.3 is 0 Å². The molecular weight excluding hydrogens is 247 g/mol. The largest absolute Gasteiger partial charge is 0.507 e. The highest BCUT2D eigenvalue weighted by molar-refractivity contribution is 5.97. The fraction of sp³-hybridized carbons (Fsp3) is 0.500. The van der Waals surface area contributed by atoms with Crippen LogP contribution in [0.25, 0.3) is 0 Å². The van der Waals surface area contributed by atoms with Gasteiger partial charge in [0.25, 0.3) is 5.91 Å². The molecule has 0 aliphatic carbocycles. The van der Waals surface area contributed by atoms with Crippen molar-refractivity contribution in [1.29, 1.82) is 0 Å². The molecule has 0 bridgehead atoms. The number of carbonyl (C=O) groups excluding carboxylic acids is 1. The first-order valence-corrected chi connectivity index (χ1v) is 6.31. The molecule has 1 aromatic rings. The molecule has 1 aromatic carbocycles. The zero-order valence-electron chi connectivity index (χ0n) is 11.9. The van der Waals surface area contributed by atoms with Crippen LogP contribution in [-0.4, -0.2) is 54.0 Å². The molecule has 106 valence electrons. The lowest BCUT2D eigenvalue weighted by atomic mass is 10.1. The third-order valence-electron chi connectivity index (χ3n) is 2.97. The number of carbonyl (C=O) groups is 1. The van der Waals surface area contributed by atoms with Gasteiger partial charge < -0.3 is 14.9 Å². The van der Waals surface area contributed by atoms with E-state index < -0.39 is 11.7 Å². The lowest BCUT2D eigenvalue weighted by Crippen LogP contribution is -2.44. The Morgan fingerprint density at radius 2 is 2.05 bits per heavy atom. The Kier molecular flexibility index (Phi) is 5.30. The Balaban J connectivity index is 3.02. The highest BCUT2D eigenvalue weighted by atomic mass is 19.1. The second-order valence-electron chi connectivity index (χ2n) is 4.84. The first-order valence-electron chi connectivity index (χ1n) is 6.31. The molecular formula is C14H21FN2O2. The maximum absolute atomic E-state index is 13.7. The highest BCUT2D eigenvalue weighted by Crippen LogP contribution is 2.22. The molecule has 0 saturated carbocycles. The van der Waals surface area contributed by atoms with Crippen molar-refractivity contribution in [1.82, 2.24) is 9.80 Å². The number of phenolic OH excluding ortho intramolecular Hbond substituents is 1. The molecule has 0 spiro atoms. The van der Waals surface area contributed by atoms with Gasteiger partial charge in [0.15, 0.2) is 0 Å². The first-order chi connectivity index (χ1) is 8.88. The molecule has 0 aliphatic rings. The van der Waals surface area contributed by atoms with Crippen LogP contribution in [0.3, 0.4) is 0 Å². The number of hydrogen-bond donors (Lipinski definition) is 1. The molecule has 1 N–H and O–H groups in total. The van der Waals surface area contributed by atoms with E-state index in [1.54, 1.807) is 4.90 Å². The number of phenols is 1. The van der Waals surface area contributed by atoms with Crippen molar-refractivity contribution in [3.05, 3.63) is 29.6 Å². The molecule has 1 unspecified atom stereocenters. The molecule has 19 heavy (non-hydrogen) atoms. The van der Waals surface area contributed by atoms with Gasteiger partial charge in [-0.2, -0.15) is 0 Å². The van der Waals surface area contributed by atoms with E-state index in [4.69, 9.17) is 0 Å². The number of hydrogen-bond acceptors (Lipinski definition) is 3. The van der Waals surface area contributed by atoms with Crippen LogP contribution < -0.4 is 0 Å². The summed E-state index contributed by atoms with van der Waals surface area (Å²) < 4.78 is 13.7. The number of halogens is 1. The van der Waals surface area contributed by atoms with Crippen molar-refractivity contribution in [2.75, 3.05) is 27.2 Å². The molecule has 0 fully saturated rings. The summed E-state index contributed by atoms with van der Waals surface area (Å²) in [5, 5.41) is 9.67. The summed E-state index contributed by atoms with van der Waals surface area (Å²) in [4.78, 5) is 15.9. The van der Waals surface area contributed by atoms with E-state index in [0.717, 1.165) is 0 Å². The van der Waals surface area contributed by atoms with Crippen molar-refractivity contribution >= 4 is 5.91 Å². The highest BCUT2D eigenvalue weighted by Gasteiger charge is 2.25. The molecule has 1 rings (SSSR count). The van der Waals surface area contributed by atoms with E-state index in [9.17, 15) is 14.3 Å². The summed E-state index contributed by atoms with van der Waals surface area (Å²) >= 11 is 0. The summed E-state index contributed by atoms with van der Waals surface area (Å²) in [7, 11) is 3.82. The molecule has 0 aliphatic heterocycles. The third kappa shape index (κ3) is 3.67. The second-order valence-corrected chi connectivity index (χ2v) is 4.84. The normalized spacial score (nSPS) is 12.5. The van der Waals surface area contributed by atoms with Crippen LogP contribution >= 0.6 is 0 Å². The lowest BCUT2D eigenvalue weighted by molar-refractivity contribution is 0.0671. The van der Waals surface area contributed by atoms with Gasteiger partial charge in [0.05, 0.1) is 0 Å². The molecule has 4 nitrogen and oxygen atoms in total. The van der Waals surface area contributed by atoms with Crippen molar-refractivity contribution in [2.45, 2.75) is 19.9 Å². The third-order valence-corrected chi connectivity index (χ3v) is 2.97. The Labute approximate surface area is 113 Å². The standard InChI is InChI=1S/C14H21FN2O2/c1-5-17(10(2)9-16(3)4)14(19)13-11(15)7-6-8-12(13)18/h6-8,10,18H,5,9H2,1-4H3. The minimum atomic E-state index is -0.694. The number of benzene rings is 1.